The Hall–Kier alpha value is -1.43. The summed E-state index contributed by atoms with van der Waals surface area (Å²) in [6, 6.07) is 23.1. The monoisotopic (exact) mass is 521 g/mol. The van der Waals surface area contributed by atoms with Crippen LogP contribution in [0.3, 0.4) is 0 Å². The lowest BCUT2D eigenvalue weighted by Crippen LogP contribution is -2.25. The van der Waals surface area contributed by atoms with Gasteiger partial charge in [-0.1, -0.05) is 59.9 Å². The molecule has 2 nitrogen and oxygen atoms in total. The molecule has 0 aliphatic heterocycles. The largest absolute Gasteiger partial charge is 0.277 e. The number of anilines is 2. The second-order valence-corrected chi connectivity index (χ2v) is 7.82. The molecule has 0 radical (unpaired) electrons. The van der Waals surface area contributed by atoms with Crippen LogP contribution in [0.1, 0.15) is 15.9 Å². The summed E-state index contributed by atoms with van der Waals surface area (Å²) in [7, 11) is 0. The molecule has 3 aromatic rings. The minimum absolute atomic E-state index is 0.0641. The number of rotatable bonds is 4. The zero-order valence-electron chi connectivity index (χ0n) is 13.1. The van der Waals surface area contributed by atoms with Crippen molar-refractivity contribution in [2.45, 2.75) is 5.33 Å². The molecule has 0 saturated heterocycles. The van der Waals surface area contributed by atoms with Crippen LogP contribution in [0.5, 0.6) is 0 Å². The fourth-order valence-corrected chi connectivity index (χ4v) is 3.33. The van der Waals surface area contributed by atoms with Gasteiger partial charge in [0.2, 0.25) is 0 Å². The first-order valence-corrected chi connectivity index (χ1v) is 10.3. The van der Waals surface area contributed by atoms with Crippen LogP contribution < -0.4 is 4.90 Å². The van der Waals surface area contributed by atoms with Gasteiger partial charge in [-0.05, 0) is 66.2 Å². The van der Waals surface area contributed by atoms with Gasteiger partial charge in [-0.2, -0.15) is 0 Å². The van der Waals surface area contributed by atoms with Crippen molar-refractivity contribution in [2.75, 3.05) is 4.90 Å². The van der Waals surface area contributed by atoms with Crippen LogP contribution in [0.4, 0.5) is 11.4 Å². The molecule has 0 N–H and O–H groups in total. The zero-order valence-corrected chi connectivity index (χ0v) is 17.9. The van der Waals surface area contributed by atoms with E-state index in [1.54, 1.807) is 4.90 Å². The predicted octanol–water partition coefficient (Wildman–Crippen LogP) is 7.09. The fourth-order valence-electron chi connectivity index (χ4n) is 2.43. The molecule has 0 heterocycles. The van der Waals surface area contributed by atoms with Crippen molar-refractivity contribution in [3.05, 3.63) is 92.9 Å². The van der Waals surface area contributed by atoms with E-state index in [1.807, 2.05) is 72.8 Å². The second kappa shape index (κ2) is 8.30. The van der Waals surface area contributed by atoms with Crippen LogP contribution in [0.2, 0.25) is 0 Å². The van der Waals surface area contributed by atoms with Crippen molar-refractivity contribution in [1.82, 2.24) is 0 Å². The third-order valence-corrected chi connectivity index (χ3v) is 5.43. The zero-order chi connectivity index (χ0) is 17.8. The molecule has 0 aliphatic carbocycles. The van der Waals surface area contributed by atoms with Crippen LogP contribution in [-0.4, -0.2) is 5.91 Å². The summed E-state index contributed by atoms with van der Waals surface area (Å²) >= 11 is 10.3. The number of nitrogens with zero attached hydrogens (tertiary/aromatic N) is 1. The maximum Gasteiger partial charge on any atom is 0.262 e. The lowest BCUT2D eigenvalue weighted by atomic mass is 10.1. The van der Waals surface area contributed by atoms with E-state index in [0.29, 0.717) is 5.56 Å². The number of benzene rings is 3. The Morgan fingerprint density at radius 2 is 1.16 bits per heavy atom. The number of carbonyl (C=O) groups excluding carboxylic acids is 1. The Balaban J connectivity index is 2.04. The third kappa shape index (κ3) is 4.40. The van der Waals surface area contributed by atoms with Gasteiger partial charge < -0.3 is 0 Å². The van der Waals surface area contributed by atoms with E-state index in [0.717, 1.165) is 31.2 Å². The molecule has 0 unspecified atom stereocenters. The first-order valence-electron chi connectivity index (χ1n) is 7.59. The van der Waals surface area contributed by atoms with E-state index in [9.17, 15) is 4.79 Å². The SMILES string of the molecule is O=C(c1ccc(CBr)cc1)N(c1ccc(Br)cc1)c1ccc(Br)cc1. The van der Waals surface area contributed by atoms with Gasteiger partial charge in [0.25, 0.3) is 5.91 Å². The molecule has 1 amide bonds. The minimum atomic E-state index is -0.0641. The summed E-state index contributed by atoms with van der Waals surface area (Å²) in [4.78, 5) is 14.9. The van der Waals surface area contributed by atoms with Gasteiger partial charge in [-0.15, -0.1) is 0 Å². The summed E-state index contributed by atoms with van der Waals surface area (Å²) in [5.41, 5.74) is 3.42. The molecule has 126 valence electrons. The average Bonchev–Trinajstić information content (AvgIpc) is 2.65. The van der Waals surface area contributed by atoms with Gasteiger partial charge in [0.1, 0.15) is 0 Å². The van der Waals surface area contributed by atoms with Gasteiger partial charge in [0.05, 0.1) is 0 Å². The van der Waals surface area contributed by atoms with E-state index < -0.39 is 0 Å². The first kappa shape index (κ1) is 18.4. The summed E-state index contributed by atoms with van der Waals surface area (Å²) in [5.74, 6) is -0.0641. The average molecular weight is 524 g/mol. The maximum atomic E-state index is 13.2. The molecule has 0 spiro atoms. The normalized spacial score (nSPS) is 10.5. The summed E-state index contributed by atoms with van der Waals surface area (Å²) in [6.45, 7) is 0. The van der Waals surface area contributed by atoms with Crippen molar-refractivity contribution >= 4 is 65.1 Å². The molecule has 0 saturated carbocycles. The van der Waals surface area contributed by atoms with Crippen LogP contribution in [0.25, 0.3) is 0 Å². The van der Waals surface area contributed by atoms with E-state index in [1.165, 1.54) is 0 Å². The summed E-state index contributed by atoms with van der Waals surface area (Å²) in [6.07, 6.45) is 0. The molecule has 3 rings (SSSR count). The fraction of sp³-hybridized carbons (Fsp3) is 0.0500. The number of alkyl halides is 1. The Morgan fingerprint density at radius 3 is 1.56 bits per heavy atom. The highest BCUT2D eigenvalue weighted by molar-refractivity contribution is 9.10. The number of carbonyl (C=O) groups is 1. The molecule has 0 atom stereocenters. The lowest BCUT2D eigenvalue weighted by molar-refractivity contribution is 0.0999. The van der Waals surface area contributed by atoms with E-state index in [4.69, 9.17) is 0 Å². The van der Waals surface area contributed by atoms with Crippen molar-refractivity contribution in [1.29, 1.82) is 0 Å². The Bertz CT molecular complexity index is 813. The van der Waals surface area contributed by atoms with Crippen LogP contribution in [0, 0.1) is 0 Å². The standard InChI is InChI=1S/C20H14Br3NO/c21-13-14-1-3-15(4-2-14)20(25)24(18-9-5-16(22)6-10-18)19-11-7-17(23)8-12-19/h1-12H,13H2. The molecule has 3 aromatic carbocycles. The van der Waals surface area contributed by atoms with Crippen molar-refractivity contribution in [3.63, 3.8) is 0 Å². The van der Waals surface area contributed by atoms with Crippen molar-refractivity contribution in [2.24, 2.45) is 0 Å². The molecular weight excluding hydrogens is 510 g/mol. The molecule has 0 aromatic heterocycles. The highest BCUT2D eigenvalue weighted by Crippen LogP contribution is 2.30. The minimum Gasteiger partial charge on any atom is -0.277 e. The highest BCUT2D eigenvalue weighted by Gasteiger charge is 2.19. The quantitative estimate of drug-likeness (QED) is 0.334. The van der Waals surface area contributed by atoms with Gasteiger partial charge in [0.15, 0.2) is 0 Å². The van der Waals surface area contributed by atoms with Crippen molar-refractivity contribution < 1.29 is 4.79 Å². The smallest absolute Gasteiger partial charge is 0.262 e. The molecular formula is C20H14Br3NO. The summed E-state index contributed by atoms with van der Waals surface area (Å²) < 4.78 is 1.95. The molecule has 0 aliphatic rings. The highest BCUT2D eigenvalue weighted by atomic mass is 79.9. The Labute approximate surface area is 172 Å². The number of hydrogen-bond donors (Lipinski definition) is 0. The van der Waals surface area contributed by atoms with Crippen molar-refractivity contribution in [3.8, 4) is 0 Å². The van der Waals surface area contributed by atoms with Gasteiger partial charge in [-0.3, -0.25) is 9.69 Å². The van der Waals surface area contributed by atoms with E-state index >= 15 is 0 Å². The van der Waals surface area contributed by atoms with Crippen LogP contribution in [0.15, 0.2) is 81.7 Å². The Kier molecular flexibility index (Phi) is 6.10. The topological polar surface area (TPSA) is 20.3 Å². The molecule has 0 fully saturated rings. The molecule has 5 heteroatoms. The van der Waals surface area contributed by atoms with Gasteiger partial charge in [-0.25, -0.2) is 0 Å². The lowest BCUT2D eigenvalue weighted by Gasteiger charge is -2.23. The Morgan fingerprint density at radius 1 is 0.720 bits per heavy atom. The van der Waals surface area contributed by atoms with Gasteiger partial charge in [0, 0.05) is 31.2 Å². The third-order valence-electron chi connectivity index (χ3n) is 3.73. The second-order valence-electron chi connectivity index (χ2n) is 5.42. The summed E-state index contributed by atoms with van der Waals surface area (Å²) in [5, 5.41) is 0.768. The number of amides is 1. The van der Waals surface area contributed by atoms with Crippen LogP contribution >= 0.6 is 47.8 Å². The number of hydrogen-bond acceptors (Lipinski definition) is 1. The first-order chi connectivity index (χ1) is 12.1. The molecule has 0 bridgehead atoms. The maximum absolute atomic E-state index is 13.2. The van der Waals surface area contributed by atoms with E-state index in [2.05, 4.69) is 47.8 Å². The number of halogens is 3. The molecule has 25 heavy (non-hydrogen) atoms. The van der Waals surface area contributed by atoms with Gasteiger partial charge >= 0.3 is 0 Å². The van der Waals surface area contributed by atoms with Crippen LogP contribution in [-0.2, 0) is 5.33 Å². The predicted molar refractivity (Wildman–Crippen MR) is 114 cm³/mol. The van der Waals surface area contributed by atoms with E-state index in [-0.39, 0.29) is 5.91 Å².